The summed E-state index contributed by atoms with van der Waals surface area (Å²) < 4.78 is 10.1. The molecule has 0 amide bonds. The number of esters is 2. The lowest BCUT2D eigenvalue weighted by molar-refractivity contribution is 0.0497. The average molecular weight is 294 g/mol. The Morgan fingerprint density at radius 2 is 1.33 bits per heavy atom. The minimum atomic E-state index is -0.554. The number of carbonyl (C=O) groups excluding carboxylic acids is 2. The minimum Gasteiger partial charge on any atom is -0.508 e. The van der Waals surface area contributed by atoms with E-state index in [1.807, 2.05) is 13.8 Å². The predicted octanol–water partition coefficient (Wildman–Crippen LogP) is 3.31. The van der Waals surface area contributed by atoms with Crippen molar-refractivity contribution in [1.29, 1.82) is 0 Å². The van der Waals surface area contributed by atoms with E-state index in [0.717, 1.165) is 25.7 Å². The van der Waals surface area contributed by atoms with Crippen LogP contribution in [-0.4, -0.2) is 30.3 Å². The van der Waals surface area contributed by atoms with E-state index in [-0.39, 0.29) is 16.9 Å². The van der Waals surface area contributed by atoms with E-state index >= 15 is 0 Å². The maximum absolute atomic E-state index is 11.8. The van der Waals surface area contributed by atoms with Crippen LogP contribution in [0.1, 0.15) is 60.2 Å². The molecule has 1 aromatic carbocycles. The molecule has 5 heteroatoms. The normalized spacial score (nSPS) is 10.2. The minimum absolute atomic E-state index is 0.147. The number of carbonyl (C=O) groups is 2. The van der Waals surface area contributed by atoms with E-state index in [0.29, 0.717) is 13.2 Å². The molecule has 1 N–H and O–H groups in total. The second kappa shape index (κ2) is 9.00. The first-order valence-corrected chi connectivity index (χ1v) is 7.26. The summed E-state index contributed by atoms with van der Waals surface area (Å²) in [7, 11) is 0. The van der Waals surface area contributed by atoms with E-state index in [4.69, 9.17) is 9.47 Å². The van der Waals surface area contributed by atoms with Crippen LogP contribution in [0.15, 0.2) is 18.2 Å². The molecule has 0 bridgehead atoms. The molecule has 0 unspecified atom stereocenters. The first-order chi connectivity index (χ1) is 10.1. The molecule has 0 aromatic heterocycles. The Bertz CT molecular complexity index is 441. The van der Waals surface area contributed by atoms with E-state index in [9.17, 15) is 14.7 Å². The molecular formula is C16H22O5. The van der Waals surface area contributed by atoms with Gasteiger partial charge in [0, 0.05) is 0 Å². The highest BCUT2D eigenvalue weighted by Gasteiger charge is 2.14. The number of unbranched alkanes of at least 4 members (excludes halogenated alkanes) is 2. The van der Waals surface area contributed by atoms with Gasteiger partial charge in [-0.05, 0) is 31.0 Å². The van der Waals surface area contributed by atoms with Crippen molar-refractivity contribution in [2.24, 2.45) is 0 Å². The van der Waals surface area contributed by atoms with Crippen molar-refractivity contribution in [1.82, 2.24) is 0 Å². The lowest BCUT2D eigenvalue weighted by atomic mass is 10.1. The maximum atomic E-state index is 11.8. The van der Waals surface area contributed by atoms with Gasteiger partial charge in [-0.2, -0.15) is 0 Å². The summed E-state index contributed by atoms with van der Waals surface area (Å²) in [5.41, 5.74) is 0.294. The number of phenolic OH excluding ortho intramolecular Hbond substituents is 1. The Morgan fingerprint density at radius 3 is 1.71 bits per heavy atom. The average Bonchev–Trinajstić information content (AvgIpc) is 2.47. The molecule has 0 aliphatic rings. The van der Waals surface area contributed by atoms with Crippen molar-refractivity contribution in [2.75, 3.05) is 13.2 Å². The first-order valence-electron chi connectivity index (χ1n) is 7.26. The van der Waals surface area contributed by atoms with Gasteiger partial charge in [0.2, 0.25) is 0 Å². The molecule has 0 heterocycles. The summed E-state index contributed by atoms with van der Waals surface area (Å²) in [4.78, 5) is 23.6. The number of rotatable bonds is 8. The van der Waals surface area contributed by atoms with Gasteiger partial charge in [0.1, 0.15) is 5.75 Å². The molecule has 0 fully saturated rings. The Labute approximate surface area is 124 Å². The fourth-order valence-electron chi connectivity index (χ4n) is 1.63. The van der Waals surface area contributed by atoms with Crippen molar-refractivity contribution in [3.8, 4) is 5.75 Å². The third-order valence-corrected chi connectivity index (χ3v) is 2.85. The van der Waals surface area contributed by atoms with Crippen LogP contribution in [0.5, 0.6) is 5.75 Å². The van der Waals surface area contributed by atoms with E-state index in [1.54, 1.807) is 0 Å². The van der Waals surface area contributed by atoms with Crippen molar-refractivity contribution < 1.29 is 24.2 Å². The zero-order chi connectivity index (χ0) is 15.7. The predicted molar refractivity (Wildman–Crippen MR) is 78.5 cm³/mol. The largest absolute Gasteiger partial charge is 0.508 e. The SMILES string of the molecule is CCCCOC(=O)c1cc(O)cc(C(=O)OCCCC)c1. The maximum Gasteiger partial charge on any atom is 0.338 e. The van der Waals surface area contributed by atoms with Gasteiger partial charge in [0.05, 0.1) is 24.3 Å². The van der Waals surface area contributed by atoms with Gasteiger partial charge >= 0.3 is 11.9 Å². The van der Waals surface area contributed by atoms with Crippen LogP contribution < -0.4 is 0 Å². The molecule has 0 radical (unpaired) electrons. The van der Waals surface area contributed by atoms with Crippen LogP contribution in [0.3, 0.4) is 0 Å². The summed E-state index contributed by atoms with van der Waals surface area (Å²) in [6, 6.07) is 3.93. The molecule has 0 saturated heterocycles. The zero-order valence-corrected chi connectivity index (χ0v) is 12.6. The van der Waals surface area contributed by atoms with E-state index in [2.05, 4.69) is 0 Å². The molecule has 0 aliphatic carbocycles. The zero-order valence-electron chi connectivity index (χ0n) is 12.6. The standard InChI is InChI=1S/C16H22O5/c1-3-5-7-20-15(18)12-9-13(11-14(17)10-12)16(19)21-8-6-4-2/h9-11,17H,3-8H2,1-2H3. The second-order valence-corrected chi connectivity index (χ2v) is 4.75. The van der Waals surface area contributed by atoms with E-state index in [1.165, 1.54) is 18.2 Å². The highest BCUT2D eigenvalue weighted by Crippen LogP contribution is 2.18. The summed E-state index contributed by atoms with van der Waals surface area (Å²) >= 11 is 0. The fourth-order valence-corrected chi connectivity index (χ4v) is 1.63. The van der Waals surface area contributed by atoms with Crippen LogP contribution in [0, 0.1) is 0 Å². The van der Waals surface area contributed by atoms with Crippen molar-refractivity contribution in [3.63, 3.8) is 0 Å². The van der Waals surface area contributed by atoms with Gasteiger partial charge in [-0.15, -0.1) is 0 Å². The number of hydrogen-bond donors (Lipinski definition) is 1. The van der Waals surface area contributed by atoms with Crippen molar-refractivity contribution in [2.45, 2.75) is 39.5 Å². The lowest BCUT2D eigenvalue weighted by Crippen LogP contribution is -2.10. The number of hydrogen-bond acceptors (Lipinski definition) is 5. The third kappa shape index (κ3) is 5.85. The second-order valence-electron chi connectivity index (χ2n) is 4.75. The van der Waals surface area contributed by atoms with Gasteiger partial charge in [-0.3, -0.25) is 0 Å². The highest BCUT2D eigenvalue weighted by molar-refractivity contribution is 5.96. The van der Waals surface area contributed by atoms with Gasteiger partial charge in [0.25, 0.3) is 0 Å². The summed E-state index contributed by atoms with van der Waals surface area (Å²) in [6.07, 6.45) is 3.39. The topological polar surface area (TPSA) is 72.8 Å². The van der Waals surface area contributed by atoms with Crippen LogP contribution in [0.2, 0.25) is 0 Å². The molecule has 5 nitrogen and oxygen atoms in total. The Kier molecular flexibility index (Phi) is 7.29. The van der Waals surface area contributed by atoms with Gasteiger partial charge < -0.3 is 14.6 Å². The molecule has 1 rings (SSSR count). The smallest absolute Gasteiger partial charge is 0.338 e. The summed E-state index contributed by atoms with van der Waals surface area (Å²) in [6.45, 7) is 4.63. The van der Waals surface area contributed by atoms with Crippen LogP contribution in [0.4, 0.5) is 0 Å². The Hall–Kier alpha value is -2.04. The highest BCUT2D eigenvalue weighted by atomic mass is 16.5. The van der Waals surface area contributed by atoms with Gasteiger partial charge in [0.15, 0.2) is 0 Å². The molecule has 116 valence electrons. The molecule has 0 atom stereocenters. The quantitative estimate of drug-likeness (QED) is 0.588. The monoisotopic (exact) mass is 294 g/mol. The van der Waals surface area contributed by atoms with Crippen molar-refractivity contribution in [3.05, 3.63) is 29.3 Å². The molecule has 1 aromatic rings. The Morgan fingerprint density at radius 1 is 0.905 bits per heavy atom. The fraction of sp³-hybridized carbons (Fsp3) is 0.500. The summed E-state index contributed by atoms with van der Waals surface area (Å²) in [5, 5.41) is 9.62. The Balaban J connectivity index is 2.74. The van der Waals surface area contributed by atoms with Gasteiger partial charge in [-0.1, -0.05) is 26.7 Å². The van der Waals surface area contributed by atoms with Crippen LogP contribution in [0.25, 0.3) is 0 Å². The molecule has 0 saturated carbocycles. The number of phenols is 1. The van der Waals surface area contributed by atoms with Crippen molar-refractivity contribution >= 4 is 11.9 Å². The molecule has 0 aliphatic heterocycles. The van der Waals surface area contributed by atoms with E-state index < -0.39 is 11.9 Å². The number of aromatic hydroxyl groups is 1. The molecular weight excluding hydrogens is 272 g/mol. The lowest BCUT2D eigenvalue weighted by Gasteiger charge is -2.08. The summed E-state index contributed by atoms with van der Waals surface area (Å²) in [5.74, 6) is -1.27. The number of benzene rings is 1. The van der Waals surface area contributed by atoms with Crippen LogP contribution >= 0.6 is 0 Å². The molecule has 21 heavy (non-hydrogen) atoms. The van der Waals surface area contributed by atoms with Crippen LogP contribution in [-0.2, 0) is 9.47 Å². The number of ether oxygens (including phenoxy) is 2. The van der Waals surface area contributed by atoms with Gasteiger partial charge in [-0.25, -0.2) is 9.59 Å². The third-order valence-electron chi connectivity index (χ3n) is 2.85. The first kappa shape index (κ1) is 17.0. The molecule has 0 spiro atoms.